The highest BCUT2D eigenvalue weighted by atomic mass is 32.1. The van der Waals surface area contributed by atoms with E-state index in [2.05, 4.69) is 23.4 Å². The van der Waals surface area contributed by atoms with Crippen molar-refractivity contribution in [1.29, 1.82) is 0 Å². The Balaban J connectivity index is 2.33. The molecule has 2 N–H and O–H groups in total. The minimum atomic E-state index is -0.194. The highest BCUT2D eigenvalue weighted by Gasteiger charge is 2.61. The topological polar surface area (TPSA) is 51.8 Å². The fraction of sp³-hybridized carbons (Fsp3) is 0.714. The van der Waals surface area contributed by atoms with Crippen LogP contribution in [0, 0.1) is 5.41 Å². The number of aromatic nitrogens is 2. The number of hydrogen-bond donors (Lipinski definition) is 1. The maximum absolute atomic E-state index is 6.09. The van der Waals surface area contributed by atoms with Gasteiger partial charge in [-0.3, -0.25) is 0 Å². The Bertz CT molecular complexity index is 267. The Morgan fingerprint density at radius 2 is 2.27 bits per heavy atom. The zero-order chi connectivity index (χ0) is 8.11. The molecule has 0 spiro atoms. The Kier molecular flexibility index (Phi) is 1.18. The summed E-state index contributed by atoms with van der Waals surface area (Å²) in [5.74, 6) is 0. The molecule has 0 aliphatic heterocycles. The monoisotopic (exact) mass is 169 g/mol. The molecule has 1 aliphatic carbocycles. The maximum atomic E-state index is 6.09. The molecular weight excluding hydrogens is 158 g/mol. The molecule has 1 aromatic rings. The lowest BCUT2D eigenvalue weighted by Gasteiger charge is -2.10. The van der Waals surface area contributed by atoms with Crippen molar-refractivity contribution in [2.45, 2.75) is 25.8 Å². The summed E-state index contributed by atoms with van der Waals surface area (Å²) in [7, 11) is 0. The standard InChI is InChI=1S/C7H11N3S/c1-6(2)4-7(6,8)5-3-11-10-9-5/h3H,4,8H2,1-2H3. The van der Waals surface area contributed by atoms with E-state index in [-0.39, 0.29) is 11.0 Å². The van der Waals surface area contributed by atoms with Gasteiger partial charge in [0.05, 0.1) is 11.2 Å². The van der Waals surface area contributed by atoms with Crippen LogP contribution in [-0.4, -0.2) is 9.59 Å². The fourth-order valence-corrected chi connectivity index (χ4v) is 1.99. The Morgan fingerprint density at radius 1 is 1.64 bits per heavy atom. The summed E-state index contributed by atoms with van der Waals surface area (Å²) in [6.07, 6.45) is 1.02. The number of hydrogen-bond acceptors (Lipinski definition) is 4. The van der Waals surface area contributed by atoms with E-state index in [1.54, 1.807) is 0 Å². The number of nitrogens with two attached hydrogens (primary N) is 1. The molecule has 0 radical (unpaired) electrons. The third kappa shape index (κ3) is 0.827. The van der Waals surface area contributed by atoms with Crippen LogP contribution < -0.4 is 5.73 Å². The second-order valence-corrected chi connectivity index (χ2v) is 4.43. The summed E-state index contributed by atoms with van der Waals surface area (Å²) in [4.78, 5) is 0. The molecule has 1 aliphatic rings. The maximum Gasteiger partial charge on any atom is 0.0959 e. The van der Waals surface area contributed by atoms with Crippen molar-refractivity contribution in [3.8, 4) is 0 Å². The molecule has 1 aromatic heterocycles. The highest BCUT2D eigenvalue weighted by molar-refractivity contribution is 7.03. The molecule has 11 heavy (non-hydrogen) atoms. The molecule has 1 saturated carbocycles. The van der Waals surface area contributed by atoms with Crippen LogP contribution >= 0.6 is 11.5 Å². The van der Waals surface area contributed by atoms with Gasteiger partial charge in [-0.15, -0.1) is 5.10 Å². The third-order valence-corrected chi connectivity index (χ3v) is 3.13. The lowest BCUT2D eigenvalue weighted by atomic mass is 10.0. The first-order valence-electron chi connectivity index (χ1n) is 3.63. The van der Waals surface area contributed by atoms with Crippen molar-refractivity contribution >= 4 is 11.5 Å². The molecule has 0 aromatic carbocycles. The van der Waals surface area contributed by atoms with Crippen LogP contribution in [0.4, 0.5) is 0 Å². The van der Waals surface area contributed by atoms with Gasteiger partial charge >= 0.3 is 0 Å². The summed E-state index contributed by atoms with van der Waals surface area (Å²) in [6.45, 7) is 4.32. The molecular formula is C7H11N3S. The Labute approximate surface area is 69.8 Å². The quantitative estimate of drug-likeness (QED) is 0.685. The van der Waals surface area contributed by atoms with E-state index in [1.165, 1.54) is 11.5 Å². The minimum absolute atomic E-state index is 0.194. The van der Waals surface area contributed by atoms with Crippen LogP contribution in [0.1, 0.15) is 26.0 Å². The Morgan fingerprint density at radius 3 is 2.64 bits per heavy atom. The predicted octanol–water partition coefficient (Wildman–Crippen LogP) is 1.12. The van der Waals surface area contributed by atoms with E-state index in [0.29, 0.717) is 0 Å². The van der Waals surface area contributed by atoms with E-state index >= 15 is 0 Å². The van der Waals surface area contributed by atoms with Crippen molar-refractivity contribution < 1.29 is 0 Å². The smallest absolute Gasteiger partial charge is 0.0959 e. The van der Waals surface area contributed by atoms with Crippen LogP contribution in [0.3, 0.4) is 0 Å². The van der Waals surface area contributed by atoms with Gasteiger partial charge in [0.25, 0.3) is 0 Å². The number of nitrogens with zero attached hydrogens (tertiary/aromatic N) is 2. The first-order valence-corrected chi connectivity index (χ1v) is 4.46. The zero-order valence-corrected chi connectivity index (χ0v) is 7.48. The first kappa shape index (κ1) is 7.18. The van der Waals surface area contributed by atoms with Gasteiger partial charge in [0, 0.05) is 5.38 Å². The van der Waals surface area contributed by atoms with Gasteiger partial charge in [0.2, 0.25) is 0 Å². The van der Waals surface area contributed by atoms with Crippen molar-refractivity contribution in [2.24, 2.45) is 11.1 Å². The highest BCUT2D eigenvalue weighted by Crippen LogP contribution is 2.59. The molecule has 4 heteroatoms. The molecule has 0 amide bonds. The summed E-state index contributed by atoms with van der Waals surface area (Å²) in [5, 5.41) is 5.93. The summed E-state index contributed by atoms with van der Waals surface area (Å²) in [6, 6.07) is 0. The molecule has 3 nitrogen and oxygen atoms in total. The van der Waals surface area contributed by atoms with Crippen LogP contribution in [0.15, 0.2) is 5.38 Å². The number of rotatable bonds is 1. The van der Waals surface area contributed by atoms with Crippen molar-refractivity contribution in [3.63, 3.8) is 0 Å². The van der Waals surface area contributed by atoms with Gasteiger partial charge < -0.3 is 5.73 Å². The van der Waals surface area contributed by atoms with Crippen molar-refractivity contribution in [3.05, 3.63) is 11.1 Å². The normalized spacial score (nSPS) is 33.7. The molecule has 0 saturated heterocycles. The molecule has 0 bridgehead atoms. The summed E-state index contributed by atoms with van der Waals surface area (Å²) < 4.78 is 3.81. The van der Waals surface area contributed by atoms with Crippen LogP contribution in [0.25, 0.3) is 0 Å². The summed E-state index contributed by atoms with van der Waals surface area (Å²) in [5.41, 5.74) is 7.06. The van der Waals surface area contributed by atoms with Gasteiger partial charge in [-0.2, -0.15) is 0 Å². The van der Waals surface area contributed by atoms with E-state index in [9.17, 15) is 0 Å². The second-order valence-electron chi connectivity index (χ2n) is 3.82. The SMILES string of the molecule is CC1(C)CC1(N)c1csnn1. The molecule has 1 heterocycles. The fourth-order valence-electron chi connectivity index (χ4n) is 1.45. The van der Waals surface area contributed by atoms with Crippen LogP contribution in [0.5, 0.6) is 0 Å². The van der Waals surface area contributed by atoms with Crippen molar-refractivity contribution in [2.75, 3.05) is 0 Å². The second kappa shape index (κ2) is 1.81. The first-order chi connectivity index (χ1) is 5.06. The van der Waals surface area contributed by atoms with Crippen molar-refractivity contribution in [1.82, 2.24) is 9.59 Å². The third-order valence-electron chi connectivity index (χ3n) is 2.62. The lowest BCUT2D eigenvalue weighted by Crippen LogP contribution is -2.25. The van der Waals surface area contributed by atoms with Crippen LogP contribution in [-0.2, 0) is 5.54 Å². The molecule has 60 valence electrons. The van der Waals surface area contributed by atoms with E-state index in [1.807, 2.05) is 5.38 Å². The zero-order valence-electron chi connectivity index (χ0n) is 6.66. The van der Waals surface area contributed by atoms with E-state index in [4.69, 9.17) is 5.73 Å². The molecule has 1 atom stereocenters. The van der Waals surface area contributed by atoms with E-state index in [0.717, 1.165) is 12.1 Å². The van der Waals surface area contributed by atoms with Gasteiger partial charge in [-0.1, -0.05) is 18.3 Å². The van der Waals surface area contributed by atoms with Gasteiger partial charge in [-0.05, 0) is 23.4 Å². The molecule has 2 rings (SSSR count). The summed E-state index contributed by atoms with van der Waals surface area (Å²) >= 11 is 1.37. The predicted molar refractivity (Wildman–Crippen MR) is 44.2 cm³/mol. The van der Waals surface area contributed by atoms with Gasteiger partial charge in [0.1, 0.15) is 0 Å². The Hall–Kier alpha value is -0.480. The molecule has 1 fully saturated rings. The van der Waals surface area contributed by atoms with Gasteiger partial charge in [-0.25, -0.2) is 0 Å². The average molecular weight is 169 g/mol. The molecule has 1 unspecified atom stereocenters. The van der Waals surface area contributed by atoms with Gasteiger partial charge in [0.15, 0.2) is 0 Å². The van der Waals surface area contributed by atoms with Crippen LogP contribution in [0.2, 0.25) is 0 Å². The largest absolute Gasteiger partial charge is 0.320 e. The minimum Gasteiger partial charge on any atom is -0.320 e. The lowest BCUT2D eigenvalue weighted by molar-refractivity contribution is 0.499. The van der Waals surface area contributed by atoms with E-state index < -0.39 is 0 Å². The average Bonchev–Trinajstić information content (AvgIpc) is 2.36.